The van der Waals surface area contributed by atoms with E-state index >= 15 is 0 Å². The van der Waals surface area contributed by atoms with Crippen molar-refractivity contribution < 1.29 is 4.79 Å². The monoisotopic (exact) mass is 187 g/mol. The smallest absolute Gasteiger partial charge is 0.251 e. The second-order valence-corrected chi connectivity index (χ2v) is 3.90. The Hall–Kier alpha value is -0.710. The number of hydrogen-bond acceptors (Lipinski definition) is 4. The Morgan fingerprint density at radius 3 is 3.00 bits per heavy atom. The molecule has 1 amide bonds. The van der Waals surface area contributed by atoms with Gasteiger partial charge in [-0.15, -0.1) is 0 Å². The zero-order valence-corrected chi connectivity index (χ0v) is 7.86. The highest BCUT2D eigenvalue weighted by molar-refractivity contribution is 7.99. The molecule has 1 aliphatic rings. The summed E-state index contributed by atoms with van der Waals surface area (Å²) in [6, 6.07) is -0.246. The lowest BCUT2D eigenvalue weighted by atomic mass is 10.2. The third-order valence-electron chi connectivity index (χ3n) is 1.59. The summed E-state index contributed by atoms with van der Waals surface area (Å²) < 4.78 is 0. The number of guanidine groups is 1. The van der Waals surface area contributed by atoms with Crippen LogP contribution in [0.1, 0.15) is 13.3 Å². The summed E-state index contributed by atoms with van der Waals surface area (Å²) in [5.41, 5.74) is 5.33. The van der Waals surface area contributed by atoms with E-state index in [1.165, 1.54) is 0 Å². The standard InChI is InChI=1S/C7H13N3OS/c1-2-12-4-3-5-6(11)10-7(8)9-5/h5H,2-4H2,1H3,(H3,8,9,10,11). The average Bonchev–Trinajstić information content (AvgIpc) is 2.31. The molecule has 0 bridgehead atoms. The first-order valence-electron chi connectivity index (χ1n) is 3.96. The number of hydrogen-bond donors (Lipinski definition) is 2. The molecule has 0 saturated heterocycles. The molecule has 0 aromatic carbocycles. The highest BCUT2D eigenvalue weighted by atomic mass is 32.2. The van der Waals surface area contributed by atoms with E-state index in [4.69, 9.17) is 5.73 Å². The molecule has 1 aliphatic heterocycles. The van der Waals surface area contributed by atoms with E-state index in [2.05, 4.69) is 17.2 Å². The van der Waals surface area contributed by atoms with Gasteiger partial charge in [-0.25, -0.2) is 4.99 Å². The second kappa shape index (κ2) is 4.35. The molecule has 1 unspecified atom stereocenters. The van der Waals surface area contributed by atoms with Gasteiger partial charge in [-0.3, -0.25) is 10.1 Å². The summed E-state index contributed by atoms with van der Waals surface area (Å²) in [6.07, 6.45) is 0.783. The quantitative estimate of drug-likeness (QED) is 0.606. The van der Waals surface area contributed by atoms with Gasteiger partial charge in [0.25, 0.3) is 5.91 Å². The van der Waals surface area contributed by atoms with Crippen LogP contribution in [-0.2, 0) is 4.79 Å². The van der Waals surface area contributed by atoms with Crippen molar-refractivity contribution in [3.63, 3.8) is 0 Å². The predicted molar refractivity (Wildman–Crippen MR) is 51.2 cm³/mol. The van der Waals surface area contributed by atoms with Gasteiger partial charge in [0.1, 0.15) is 6.04 Å². The van der Waals surface area contributed by atoms with Crippen LogP contribution < -0.4 is 11.1 Å². The molecule has 0 aliphatic carbocycles. The number of carbonyl (C=O) groups is 1. The lowest BCUT2D eigenvalue weighted by Gasteiger charge is -2.01. The fourth-order valence-corrected chi connectivity index (χ4v) is 1.68. The molecule has 1 rings (SSSR count). The summed E-state index contributed by atoms with van der Waals surface area (Å²) in [7, 11) is 0. The molecular formula is C7H13N3OS. The lowest BCUT2D eigenvalue weighted by Crippen LogP contribution is -2.33. The molecule has 68 valence electrons. The number of amides is 1. The molecule has 1 heterocycles. The van der Waals surface area contributed by atoms with E-state index < -0.39 is 0 Å². The molecule has 0 spiro atoms. The van der Waals surface area contributed by atoms with Crippen molar-refractivity contribution in [1.29, 1.82) is 0 Å². The maximum absolute atomic E-state index is 11.1. The molecule has 0 radical (unpaired) electrons. The van der Waals surface area contributed by atoms with Gasteiger partial charge in [-0.2, -0.15) is 11.8 Å². The Morgan fingerprint density at radius 2 is 2.50 bits per heavy atom. The molecule has 3 N–H and O–H groups in total. The van der Waals surface area contributed by atoms with Crippen LogP contribution in [0.3, 0.4) is 0 Å². The van der Waals surface area contributed by atoms with Crippen molar-refractivity contribution in [2.24, 2.45) is 10.7 Å². The predicted octanol–water partition coefficient (Wildman–Crippen LogP) is -0.0573. The average molecular weight is 187 g/mol. The Kier molecular flexibility index (Phi) is 3.40. The number of rotatable bonds is 4. The first-order valence-corrected chi connectivity index (χ1v) is 5.11. The zero-order chi connectivity index (χ0) is 8.97. The number of carbonyl (C=O) groups excluding carboxylic acids is 1. The van der Waals surface area contributed by atoms with Crippen LogP contribution in [0.25, 0.3) is 0 Å². The summed E-state index contributed by atoms with van der Waals surface area (Å²) in [5, 5.41) is 2.47. The van der Waals surface area contributed by atoms with Crippen LogP contribution in [0, 0.1) is 0 Å². The van der Waals surface area contributed by atoms with E-state index in [1.807, 2.05) is 11.8 Å². The van der Waals surface area contributed by atoms with Gasteiger partial charge in [-0.1, -0.05) is 6.92 Å². The summed E-state index contributed by atoms with van der Waals surface area (Å²) in [5.74, 6) is 2.23. The minimum atomic E-state index is -0.246. The molecular weight excluding hydrogens is 174 g/mol. The van der Waals surface area contributed by atoms with Gasteiger partial charge >= 0.3 is 0 Å². The van der Waals surface area contributed by atoms with Gasteiger partial charge < -0.3 is 5.73 Å². The van der Waals surface area contributed by atoms with E-state index in [1.54, 1.807) is 0 Å². The minimum Gasteiger partial charge on any atom is -0.370 e. The van der Waals surface area contributed by atoms with Crippen LogP contribution in [0.15, 0.2) is 4.99 Å². The molecule has 0 fully saturated rings. The zero-order valence-electron chi connectivity index (χ0n) is 7.04. The maximum Gasteiger partial charge on any atom is 0.251 e. The fourth-order valence-electron chi connectivity index (χ4n) is 1.00. The van der Waals surface area contributed by atoms with Crippen molar-refractivity contribution in [2.75, 3.05) is 11.5 Å². The third-order valence-corrected chi connectivity index (χ3v) is 2.52. The highest BCUT2D eigenvalue weighted by Gasteiger charge is 2.23. The van der Waals surface area contributed by atoms with Gasteiger partial charge in [0.2, 0.25) is 0 Å². The Labute approximate surface area is 76.0 Å². The minimum absolute atomic E-state index is 0.0656. The molecule has 0 aromatic rings. The van der Waals surface area contributed by atoms with Crippen LogP contribution in [-0.4, -0.2) is 29.4 Å². The number of thioether (sulfide) groups is 1. The highest BCUT2D eigenvalue weighted by Crippen LogP contribution is 2.09. The van der Waals surface area contributed by atoms with Crippen molar-refractivity contribution in [3.05, 3.63) is 0 Å². The van der Waals surface area contributed by atoms with Crippen LogP contribution in [0.5, 0.6) is 0 Å². The largest absolute Gasteiger partial charge is 0.370 e. The Bertz CT molecular complexity index is 205. The summed E-state index contributed by atoms with van der Waals surface area (Å²) >= 11 is 1.81. The first kappa shape index (κ1) is 9.38. The molecule has 4 nitrogen and oxygen atoms in total. The number of nitrogens with one attached hydrogen (secondary N) is 1. The van der Waals surface area contributed by atoms with Crippen LogP contribution in [0.2, 0.25) is 0 Å². The summed E-state index contributed by atoms with van der Waals surface area (Å²) in [6.45, 7) is 2.09. The number of nitrogens with two attached hydrogens (primary N) is 1. The van der Waals surface area contributed by atoms with Gasteiger partial charge in [0, 0.05) is 0 Å². The van der Waals surface area contributed by atoms with Gasteiger partial charge in [0.15, 0.2) is 5.96 Å². The van der Waals surface area contributed by atoms with E-state index in [0.717, 1.165) is 17.9 Å². The van der Waals surface area contributed by atoms with Gasteiger partial charge in [-0.05, 0) is 17.9 Å². The van der Waals surface area contributed by atoms with E-state index in [9.17, 15) is 4.79 Å². The molecule has 12 heavy (non-hydrogen) atoms. The molecule has 5 heteroatoms. The third kappa shape index (κ3) is 2.41. The van der Waals surface area contributed by atoms with E-state index in [0.29, 0.717) is 0 Å². The van der Waals surface area contributed by atoms with Crippen molar-refractivity contribution in [1.82, 2.24) is 5.32 Å². The van der Waals surface area contributed by atoms with Crippen molar-refractivity contribution >= 4 is 23.6 Å². The number of aliphatic imine (C=N–C) groups is 1. The fraction of sp³-hybridized carbons (Fsp3) is 0.714. The van der Waals surface area contributed by atoms with E-state index in [-0.39, 0.29) is 17.9 Å². The topological polar surface area (TPSA) is 67.5 Å². The molecule has 0 saturated carbocycles. The van der Waals surface area contributed by atoms with Crippen molar-refractivity contribution in [2.45, 2.75) is 19.4 Å². The van der Waals surface area contributed by atoms with Crippen molar-refractivity contribution in [3.8, 4) is 0 Å². The second-order valence-electron chi connectivity index (χ2n) is 2.50. The van der Waals surface area contributed by atoms with Gasteiger partial charge in [0.05, 0.1) is 0 Å². The Morgan fingerprint density at radius 1 is 1.75 bits per heavy atom. The SMILES string of the molecule is CCSCCC1N=C(N)NC1=O. The Balaban J connectivity index is 2.28. The normalized spacial score (nSPS) is 22.2. The van der Waals surface area contributed by atoms with Crippen LogP contribution >= 0.6 is 11.8 Å². The summed E-state index contributed by atoms with van der Waals surface area (Å²) in [4.78, 5) is 15.0. The molecule has 1 atom stereocenters. The van der Waals surface area contributed by atoms with Crippen LogP contribution in [0.4, 0.5) is 0 Å². The number of nitrogens with zero attached hydrogens (tertiary/aromatic N) is 1. The maximum atomic E-state index is 11.1. The lowest BCUT2D eigenvalue weighted by molar-refractivity contribution is -0.120. The molecule has 0 aromatic heterocycles. The first-order chi connectivity index (χ1) is 5.74.